The highest BCUT2D eigenvalue weighted by Gasteiger charge is 2.49. The van der Waals surface area contributed by atoms with E-state index in [0.29, 0.717) is 42.8 Å². The predicted octanol–water partition coefficient (Wildman–Crippen LogP) is 4.88. The molecule has 0 aliphatic carbocycles. The quantitative estimate of drug-likeness (QED) is 0.625. The third-order valence-electron chi connectivity index (χ3n) is 6.30. The van der Waals surface area contributed by atoms with Gasteiger partial charge in [-0.15, -0.1) is 0 Å². The second-order valence-electron chi connectivity index (χ2n) is 8.31. The molecule has 0 saturated carbocycles. The second kappa shape index (κ2) is 8.58. The maximum Gasteiger partial charge on any atom is 0.321 e. The normalized spacial score (nSPS) is 16.8. The number of carbonyl (C=O) groups excluding carboxylic acids is 2. The number of piperidine rings is 1. The summed E-state index contributed by atoms with van der Waals surface area (Å²) in [4.78, 5) is 29.6. The molecule has 1 spiro atoms. The zero-order valence-corrected chi connectivity index (χ0v) is 18.0. The van der Waals surface area contributed by atoms with Crippen LogP contribution in [0.1, 0.15) is 28.8 Å². The lowest BCUT2D eigenvalue weighted by atomic mass is 9.93. The molecule has 33 heavy (non-hydrogen) atoms. The van der Waals surface area contributed by atoms with Crippen molar-refractivity contribution >= 4 is 17.6 Å². The SMILES string of the molecule is O=C(Nc1ccccc1)N1CCC2(CC1)Oc1ccccc1C(=O)N2Cc1ccccc1F. The number of hydrogen-bond acceptors (Lipinski definition) is 3. The number of para-hydroxylation sites is 2. The summed E-state index contributed by atoms with van der Waals surface area (Å²) < 4.78 is 20.9. The first-order valence-corrected chi connectivity index (χ1v) is 11.0. The highest BCUT2D eigenvalue weighted by Crippen LogP contribution is 2.40. The lowest BCUT2D eigenvalue weighted by Gasteiger charge is -2.50. The molecule has 1 saturated heterocycles. The van der Waals surface area contributed by atoms with Crippen LogP contribution in [0.2, 0.25) is 0 Å². The van der Waals surface area contributed by atoms with Crippen molar-refractivity contribution in [3.8, 4) is 5.75 Å². The Morgan fingerprint density at radius 2 is 1.61 bits per heavy atom. The van der Waals surface area contributed by atoms with Crippen LogP contribution in [-0.2, 0) is 6.54 Å². The van der Waals surface area contributed by atoms with Crippen LogP contribution in [0.4, 0.5) is 14.9 Å². The summed E-state index contributed by atoms with van der Waals surface area (Å²) in [5.74, 6) is -0.0317. The maximum atomic E-state index is 14.5. The van der Waals surface area contributed by atoms with Gasteiger partial charge in [0, 0.05) is 37.2 Å². The summed E-state index contributed by atoms with van der Waals surface area (Å²) >= 11 is 0. The molecule has 3 aromatic rings. The Hall–Kier alpha value is -3.87. The minimum absolute atomic E-state index is 0.0933. The van der Waals surface area contributed by atoms with Crippen LogP contribution in [0.25, 0.3) is 0 Å². The first-order valence-electron chi connectivity index (χ1n) is 11.0. The first-order chi connectivity index (χ1) is 16.1. The minimum atomic E-state index is -0.947. The Bertz CT molecular complexity index is 1180. The molecule has 3 aromatic carbocycles. The van der Waals surface area contributed by atoms with Gasteiger partial charge in [-0.1, -0.05) is 48.5 Å². The summed E-state index contributed by atoms with van der Waals surface area (Å²) in [7, 11) is 0. The molecule has 2 aliphatic rings. The molecule has 1 fully saturated rings. The number of rotatable bonds is 3. The monoisotopic (exact) mass is 445 g/mol. The van der Waals surface area contributed by atoms with Gasteiger partial charge in [0.2, 0.25) is 0 Å². The molecule has 0 aromatic heterocycles. The fourth-order valence-corrected chi connectivity index (χ4v) is 4.49. The number of nitrogens with zero attached hydrogens (tertiary/aromatic N) is 2. The lowest BCUT2D eigenvalue weighted by molar-refractivity contribution is -0.109. The van der Waals surface area contributed by atoms with Gasteiger partial charge < -0.3 is 15.0 Å². The zero-order valence-electron chi connectivity index (χ0n) is 18.0. The third-order valence-corrected chi connectivity index (χ3v) is 6.30. The molecule has 6 nitrogen and oxygen atoms in total. The Kier molecular flexibility index (Phi) is 5.46. The summed E-state index contributed by atoms with van der Waals surface area (Å²) in [5.41, 5.74) is 0.667. The van der Waals surface area contributed by atoms with Crippen molar-refractivity contribution in [1.29, 1.82) is 0 Å². The van der Waals surface area contributed by atoms with Gasteiger partial charge in [-0.2, -0.15) is 0 Å². The fourth-order valence-electron chi connectivity index (χ4n) is 4.49. The van der Waals surface area contributed by atoms with Crippen molar-refractivity contribution < 1.29 is 18.7 Å². The minimum Gasteiger partial charge on any atom is -0.467 e. The number of likely N-dealkylation sites (tertiary alicyclic amines) is 1. The van der Waals surface area contributed by atoms with E-state index < -0.39 is 5.72 Å². The largest absolute Gasteiger partial charge is 0.467 e. The van der Waals surface area contributed by atoms with Crippen molar-refractivity contribution in [1.82, 2.24) is 9.80 Å². The van der Waals surface area contributed by atoms with Gasteiger partial charge >= 0.3 is 6.03 Å². The van der Waals surface area contributed by atoms with Crippen LogP contribution in [0, 0.1) is 5.82 Å². The fraction of sp³-hybridized carbons (Fsp3) is 0.231. The number of amides is 3. The van der Waals surface area contributed by atoms with E-state index in [1.54, 1.807) is 46.2 Å². The zero-order chi connectivity index (χ0) is 22.8. The molecule has 0 radical (unpaired) electrons. The number of ether oxygens (including phenoxy) is 1. The number of hydrogen-bond donors (Lipinski definition) is 1. The number of anilines is 1. The molecule has 2 heterocycles. The number of fused-ring (bicyclic) bond motifs is 1. The predicted molar refractivity (Wildman–Crippen MR) is 122 cm³/mol. The van der Waals surface area contributed by atoms with Gasteiger partial charge in [0.15, 0.2) is 5.72 Å². The van der Waals surface area contributed by atoms with Crippen LogP contribution in [0.5, 0.6) is 5.75 Å². The van der Waals surface area contributed by atoms with Crippen molar-refractivity contribution in [3.63, 3.8) is 0 Å². The molecular weight excluding hydrogens is 421 g/mol. The molecular formula is C26H24FN3O3. The van der Waals surface area contributed by atoms with Crippen molar-refractivity contribution in [2.75, 3.05) is 18.4 Å². The number of nitrogens with one attached hydrogen (secondary N) is 1. The maximum absolute atomic E-state index is 14.5. The van der Waals surface area contributed by atoms with Crippen LogP contribution in [0.3, 0.4) is 0 Å². The summed E-state index contributed by atoms with van der Waals surface area (Å²) in [6.07, 6.45) is 0.841. The Balaban J connectivity index is 1.39. The Morgan fingerprint density at radius 1 is 0.939 bits per heavy atom. The van der Waals surface area contributed by atoms with Gasteiger partial charge in [-0.25, -0.2) is 9.18 Å². The lowest BCUT2D eigenvalue weighted by Crippen LogP contribution is -2.63. The van der Waals surface area contributed by atoms with Gasteiger partial charge in [0.25, 0.3) is 5.91 Å². The van der Waals surface area contributed by atoms with E-state index in [9.17, 15) is 14.0 Å². The molecule has 3 amide bonds. The van der Waals surface area contributed by atoms with E-state index >= 15 is 0 Å². The van der Waals surface area contributed by atoms with Gasteiger partial charge in [-0.05, 0) is 30.3 Å². The average molecular weight is 445 g/mol. The number of benzene rings is 3. The third kappa shape index (κ3) is 4.02. The van der Waals surface area contributed by atoms with E-state index in [2.05, 4.69) is 5.32 Å². The van der Waals surface area contributed by atoms with Crippen LogP contribution >= 0.6 is 0 Å². The molecule has 1 N–H and O–H groups in total. The van der Waals surface area contributed by atoms with E-state index in [4.69, 9.17) is 4.74 Å². The molecule has 5 rings (SSSR count). The summed E-state index contributed by atoms with van der Waals surface area (Å²) in [5, 5.41) is 2.90. The second-order valence-corrected chi connectivity index (χ2v) is 8.31. The van der Waals surface area contributed by atoms with E-state index in [1.165, 1.54) is 6.07 Å². The van der Waals surface area contributed by atoms with Crippen LogP contribution in [0.15, 0.2) is 78.9 Å². The van der Waals surface area contributed by atoms with E-state index in [0.717, 1.165) is 5.69 Å². The van der Waals surface area contributed by atoms with Gasteiger partial charge in [-0.3, -0.25) is 9.69 Å². The van der Waals surface area contributed by atoms with Crippen LogP contribution < -0.4 is 10.1 Å². The molecule has 168 valence electrons. The van der Waals surface area contributed by atoms with E-state index in [1.807, 2.05) is 36.4 Å². The molecule has 0 bridgehead atoms. The highest BCUT2D eigenvalue weighted by molar-refractivity contribution is 5.98. The number of urea groups is 1. The Labute approximate surface area is 191 Å². The average Bonchev–Trinajstić information content (AvgIpc) is 2.84. The topological polar surface area (TPSA) is 61.9 Å². The molecule has 7 heteroatoms. The number of carbonyl (C=O) groups is 2. The summed E-state index contributed by atoms with van der Waals surface area (Å²) in [6.45, 7) is 0.903. The van der Waals surface area contributed by atoms with Gasteiger partial charge in [0.1, 0.15) is 11.6 Å². The first kappa shape index (κ1) is 21.0. The van der Waals surface area contributed by atoms with Crippen molar-refractivity contribution in [2.45, 2.75) is 25.1 Å². The smallest absolute Gasteiger partial charge is 0.321 e. The van der Waals surface area contributed by atoms with Crippen molar-refractivity contribution in [3.05, 3.63) is 95.8 Å². The van der Waals surface area contributed by atoms with E-state index in [-0.39, 0.29) is 24.3 Å². The van der Waals surface area contributed by atoms with Gasteiger partial charge in [0.05, 0.1) is 12.1 Å². The van der Waals surface area contributed by atoms with Crippen LogP contribution in [-0.4, -0.2) is 40.6 Å². The van der Waals surface area contributed by atoms with Crippen molar-refractivity contribution in [2.24, 2.45) is 0 Å². The summed E-state index contributed by atoms with van der Waals surface area (Å²) in [6, 6.07) is 22.7. The molecule has 0 unspecified atom stereocenters. The molecule has 2 aliphatic heterocycles. The Morgan fingerprint density at radius 3 is 2.36 bits per heavy atom. The standard InChI is InChI=1S/C26H24FN3O3/c27-22-12-6-4-8-19(22)18-30-24(31)21-11-5-7-13-23(21)33-26(30)14-16-29(17-15-26)25(32)28-20-9-2-1-3-10-20/h1-13H,14-18H2,(H,28,32). The molecule has 0 atom stereocenters. The number of halogens is 1. The highest BCUT2D eigenvalue weighted by atomic mass is 19.1.